The van der Waals surface area contributed by atoms with Crippen LogP contribution in [0.4, 0.5) is 4.39 Å². The number of nitrogens with zero attached hydrogens (tertiary/aromatic N) is 5. The van der Waals surface area contributed by atoms with Crippen LogP contribution in [0.15, 0.2) is 52.7 Å². The number of nitrogens with two attached hydrogens (primary N) is 1. The van der Waals surface area contributed by atoms with Crippen LogP contribution in [0.25, 0.3) is 5.57 Å². The Labute approximate surface area is 198 Å². The van der Waals surface area contributed by atoms with Gasteiger partial charge in [-0.2, -0.15) is 18.2 Å². The standard InChI is InChI=1S/C20H19ClFN7O2S2/c1-28-6-4-15(26-28)17-16-9-12(27-33(23,30)31)10-29(16)19(20-24-5-7-32-20)25-18(17)13-3-2-11(22)8-14(13)21/h2-8,12,18,27H,9-10H2,1H3,(H2,23,30,31)/t12-,18-/m0/s1. The van der Waals surface area contributed by atoms with Crippen LogP contribution in [0.1, 0.15) is 28.7 Å². The molecule has 4 heterocycles. The van der Waals surface area contributed by atoms with Crippen LogP contribution < -0.4 is 9.86 Å². The summed E-state index contributed by atoms with van der Waals surface area (Å²) in [6, 6.07) is 5.00. The van der Waals surface area contributed by atoms with Crippen LogP contribution in [-0.2, 0) is 17.3 Å². The quantitative estimate of drug-likeness (QED) is 0.550. The molecule has 0 spiro atoms. The molecular weight excluding hydrogens is 489 g/mol. The van der Waals surface area contributed by atoms with Crippen molar-refractivity contribution in [3.8, 4) is 0 Å². The van der Waals surface area contributed by atoms with Crippen LogP contribution in [0.3, 0.4) is 0 Å². The molecule has 0 bridgehead atoms. The van der Waals surface area contributed by atoms with E-state index in [1.807, 2.05) is 22.5 Å². The summed E-state index contributed by atoms with van der Waals surface area (Å²) in [5.74, 6) is 0.138. The van der Waals surface area contributed by atoms with Gasteiger partial charge in [0.15, 0.2) is 10.8 Å². The summed E-state index contributed by atoms with van der Waals surface area (Å²) < 4.78 is 41.5. The molecule has 2 aromatic heterocycles. The van der Waals surface area contributed by atoms with Crippen molar-refractivity contribution in [2.24, 2.45) is 17.2 Å². The summed E-state index contributed by atoms with van der Waals surface area (Å²) in [6.07, 6.45) is 3.85. The highest BCUT2D eigenvalue weighted by atomic mass is 35.5. The number of aliphatic imine (C=N–C) groups is 1. The fourth-order valence-corrected chi connectivity index (χ4v) is 5.77. The van der Waals surface area contributed by atoms with E-state index in [4.69, 9.17) is 21.7 Å². The number of nitrogens with one attached hydrogen (secondary N) is 1. The molecule has 2 atom stereocenters. The van der Waals surface area contributed by atoms with Gasteiger partial charge in [-0.05, 0) is 18.2 Å². The minimum Gasteiger partial charge on any atom is -0.326 e. The van der Waals surface area contributed by atoms with E-state index < -0.39 is 28.1 Å². The Bertz CT molecular complexity index is 1390. The third kappa shape index (κ3) is 4.32. The number of amidine groups is 1. The van der Waals surface area contributed by atoms with E-state index in [0.717, 1.165) is 11.3 Å². The highest BCUT2D eigenvalue weighted by molar-refractivity contribution is 7.87. The van der Waals surface area contributed by atoms with Crippen LogP contribution in [-0.4, -0.2) is 46.5 Å². The molecule has 2 aliphatic rings. The van der Waals surface area contributed by atoms with Gasteiger partial charge in [0.1, 0.15) is 11.9 Å². The predicted molar refractivity (Wildman–Crippen MR) is 124 cm³/mol. The van der Waals surface area contributed by atoms with Gasteiger partial charge < -0.3 is 4.90 Å². The van der Waals surface area contributed by atoms with Gasteiger partial charge in [0.2, 0.25) is 0 Å². The number of fused-ring (bicyclic) bond motifs is 1. The molecule has 172 valence electrons. The molecule has 3 aromatic rings. The normalized spacial score (nSPS) is 20.8. The first-order valence-corrected chi connectivity index (χ1v) is 12.7. The Morgan fingerprint density at radius 3 is 2.79 bits per heavy atom. The van der Waals surface area contributed by atoms with Crippen molar-refractivity contribution >= 4 is 44.6 Å². The predicted octanol–water partition coefficient (Wildman–Crippen LogP) is 2.45. The third-order valence-corrected chi connectivity index (χ3v) is 7.22. The molecule has 0 radical (unpaired) electrons. The molecule has 0 amide bonds. The van der Waals surface area contributed by atoms with Gasteiger partial charge in [-0.1, -0.05) is 17.7 Å². The maximum absolute atomic E-state index is 13.8. The van der Waals surface area contributed by atoms with E-state index in [1.165, 1.54) is 23.5 Å². The summed E-state index contributed by atoms with van der Waals surface area (Å²) in [7, 11) is -2.11. The molecule has 13 heteroatoms. The van der Waals surface area contributed by atoms with Gasteiger partial charge in [0.05, 0.1) is 5.69 Å². The maximum atomic E-state index is 13.8. The number of halogens is 2. The molecular formula is C20H19ClFN7O2S2. The lowest BCUT2D eigenvalue weighted by atomic mass is 9.92. The Kier molecular flexibility index (Phi) is 5.57. The molecule has 1 saturated heterocycles. The molecule has 0 saturated carbocycles. The van der Waals surface area contributed by atoms with E-state index >= 15 is 0 Å². The van der Waals surface area contributed by atoms with E-state index in [1.54, 1.807) is 24.0 Å². The Hall–Kier alpha value is -2.64. The summed E-state index contributed by atoms with van der Waals surface area (Å²) >= 11 is 7.88. The van der Waals surface area contributed by atoms with E-state index in [0.29, 0.717) is 35.1 Å². The molecule has 9 nitrogen and oxygen atoms in total. The van der Waals surface area contributed by atoms with Crippen molar-refractivity contribution in [1.29, 1.82) is 0 Å². The lowest BCUT2D eigenvalue weighted by Gasteiger charge is -2.32. The van der Waals surface area contributed by atoms with Crippen molar-refractivity contribution in [2.75, 3.05) is 6.54 Å². The van der Waals surface area contributed by atoms with Crippen molar-refractivity contribution in [2.45, 2.75) is 18.5 Å². The highest BCUT2D eigenvalue weighted by Crippen LogP contribution is 2.46. The number of aromatic nitrogens is 3. The van der Waals surface area contributed by atoms with Gasteiger partial charge >= 0.3 is 0 Å². The van der Waals surface area contributed by atoms with Crippen LogP contribution in [0.5, 0.6) is 0 Å². The minimum absolute atomic E-state index is 0.238. The lowest BCUT2D eigenvalue weighted by Crippen LogP contribution is -2.42. The number of thiazole rings is 1. The fourth-order valence-electron chi connectivity index (χ4n) is 4.23. The number of aryl methyl sites for hydroxylation is 1. The van der Waals surface area contributed by atoms with Crippen molar-refractivity contribution in [1.82, 2.24) is 24.4 Å². The van der Waals surface area contributed by atoms with Gasteiger partial charge in [0.25, 0.3) is 10.2 Å². The molecule has 3 N–H and O–H groups in total. The van der Waals surface area contributed by atoms with Gasteiger partial charge in [-0.25, -0.2) is 14.5 Å². The van der Waals surface area contributed by atoms with E-state index in [-0.39, 0.29) is 5.02 Å². The Morgan fingerprint density at radius 2 is 2.15 bits per heavy atom. The first-order valence-electron chi connectivity index (χ1n) is 9.93. The SMILES string of the molecule is Cn1ccc(C2=C3C[C@H](NS(N)(=O)=O)CN3C(c3nccs3)=N[C@H]2c2ccc(F)cc2Cl)n1. The zero-order chi connectivity index (χ0) is 23.3. The van der Waals surface area contributed by atoms with Gasteiger partial charge in [-0.3, -0.25) is 9.67 Å². The molecule has 0 unspecified atom stereocenters. The number of hydrogen-bond acceptors (Lipinski definition) is 7. The summed E-state index contributed by atoms with van der Waals surface area (Å²) in [5, 5.41) is 12.6. The smallest absolute Gasteiger partial charge is 0.274 e. The average Bonchev–Trinajstić information content (AvgIpc) is 3.46. The Balaban J connectivity index is 1.72. The average molecular weight is 508 g/mol. The first-order chi connectivity index (χ1) is 15.7. The largest absolute Gasteiger partial charge is 0.326 e. The minimum atomic E-state index is -3.91. The third-order valence-electron chi connectivity index (χ3n) is 5.46. The second-order valence-corrected chi connectivity index (χ2v) is 10.4. The number of benzene rings is 1. The zero-order valence-corrected chi connectivity index (χ0v) is 19.7. The summed E-state index contributed by atoms with van der Waals surface area (Å²) in [6.45, 7) is 0.324. The van der Waals surface area contributed by atoms with Gasteiger partial charge in [0, 0.05) is 65.7 Å². The van der Waals surface area contributed by atoms with Gasteiger partial charge in [-0.15, -0.1) is 11.3 Å². The highest BCUT2D eigenvalue weighted by Gasteiger charge is 2.41. The molecule has 5 rings (SSSR count). The monoisotopic (exact) mass is 507 g/mol. The van der Waals surface area contributed by atoms with Crippen molar-refractivity contribution < 1.29 is 12.8 Å². The van der Waals surface area contributed by atoms with Crippen molar-refractivity contribution in [3.63, 3.8) is 0 Å². The fraction of sp³-hybridized carbons (Fsp3) is 0.250. The molecule has 2 aliphatic heterocycles. The van der Waals surface area contributed by atoms with Crippen LogP contribution in [0, 0.1) is 5.82 Å². The number of rotatable bonds is 5. The molecule has 33 heavy (non-hydrogen) atoms. The van der Waals surface area contributed by atoms with Crippen LogP contribution >= 0.6 is 22.9 Å². The van der Waals surface area contributed by atoms with Crippen molar-refractivity contribution in [3.05, 3.63) is 74.8 Å². The Morgan fingerprint density at radius 1 is 1.33 bits per heavy atom. The maximum Gasteiger partial charge on any atom is 0.274 e. The zero-order valence-electron chi connectivity index (χ0n) is 17.3. The second-order valence-electron chi connectivity index (χ2n) is 7.77. The van der Waals surface area contributed by atoms with E-state index in [9.17, 15) is 12.8 Å². The van der Waals surface area contributed by atoms with E-state index in [2.05, 4.69) is 14.8 Å². The lowest BCUT2D eigenvalue weighted by molar-refractivity contribution is 0.518. The molecule has 1 fully saturated rings. The molecule has 0 aliphatic carbocycles. The second kappa shape index (κ2) is 8.29. The number of hydrogen-bond donors (Lipinski definition) is 2. The molecule has 1 aromatic carbocycles. The summed E-state index contributed by atoms with van der Waals surface area (Å²) in [5.41, 5.74) is 2.88. The van der Waals surface area contributed by atoms with Crippen LogP contribution in [0.2, 0.25) is 5.02 Å². The first kappa shape index (κ1) is 22.2. The summed E-state index contributed by atoms with van der Waals surface area (Å²) in [4.78, 5) is 11.4. The topological polar surface area (TPSA) is 118 Å².